The van der Waals surface area contributed by atoms with Crippen LogP contribution < -0.4 is 0 Å². The molecule has 0 radical (unpaired) electrons. The third-order valence-corrected chi connectivity index (χ3v) is 3.36. The Kier molecular flexibility index (Phi) is 2.85. The van der Waals surface area contributed by atoms with Crippen LogP contribution >= 0.6 is 38.9 Å². The molecule has 0 atom stereocenters. The maximum absolute atomic E-state index is 13.1. The summed E-state index contributed by atoms with van der Waals surface area (Å²) in [5.74, 6) is -0.423. The van der Waals surface area contributed by atoms with Crippen molar-refractivity contribution >= 4 is 38.9 Å². The minimum Gasteiger partial charge on any atom is -0.229 e. The molecule has 1 nitrogen and oxygen atoms in total. The van der Waals surface area contributed by atoms with Gasteiger partial charge in [-0.05, 0) is 28.1 Å². The Balaban J connectivity index is 2.47. The zero-order valence-corrected chi connectivity index (χ0v) is 9.96. The average Bonchev–Trinajstić information content (AvgIpc) is 2.57. The molecule has 1 aromatic heterocycles. The fourth-order valence-corrected chi connectivity index (χ4v) is 2.18. The van der Waals surface area contributed by atoms with Crippen LogP contribution in [0, 0.1) is 5.82 Å². The van der Waals surface area contributed by atoms with Crippen LogP contribution in [-0.4, -0.2) is 4.98 Å². The average molecular weight is 293 g/mol. The van der Waals surface area contributed by atoms with E-state index in [1.165, 1.54) is 23.5 Å². The van der Waals surface area contributed by atoms with Crippen molar-refractivity contribution in [1.29, 1.82) is 0 Å². The topological polar surface area (TPSA) is 12.9 Å². The molecule has 14 heavy (non-hydrogen) atoms. The first-order chi connectivity index (χ1) is 6.66. The van der Waals surface area contributed by atoms with Gasteiger partial charge in [-0.15, -0.1) is 11.3 Å². The molecular formula is C9H4BrClFNS. The van der Waals surface area contributed by atoms with Gasteiger partial charge in [0.15, 0.2) is 3.92 Å². The lowest BCUT2D eigenvalue weighted by molar-refractivity contribution is 0.628. The maximum Gasteiger partial charge on any atom is 0.159 e. The molecule has 2 rings (SSSR count). The van der Waals surface area contributed by atoms with Crippen LogP contribution in [0.3, 0.4) is 0 Å². The third kappa shape index (κ3) is 1.97. The predicted octanol–water partition coefficient (Wildman–Crippen LogP) is 4.37. The number of hydrogen-bond donors (Lipinski definition) is 0. The van der Waals surface area contributed by atoms with E-state index in [2.05, 4.69) is 20.9 Å². The van der Waals surface area contributed by atoms with Gasteiger partial charge in [0, 0.05) is 10.9 Å². The molecular weight excluding hydrogens is 289 g/mol. The van der Waals surface area contributed by atoms with Crippen LogP contribution in [0.4, 0.5) is 4.39 Å². The highest BCUT2D eigenvalue weighted by molar-refractivity contribution is 9.11. The molecule has 1 heterocycles. The van der Waals surface area contributed by atoms with E-state index in [1.54, 1.807) is 6.07 Å². The van der Waals surface area contributed by atoms with E-state index in [-0.39, 0.29) is 5.02 Å². The summed E-state index contributed by atoms with van der Waals surface area (Å²) in [5.41, 5.74) is 1.48. The summed E-state index contributed by atoms with van der Waals surface area (Å²) in [5, 5.41) is 1.98. The highest BCUT2D eigenvalue weighted by atomic mass is 79.9. The van der Waals surface area contributed by atoms with Crippen LogP contribution in [0.25, 0.3) is 11.3 Å². The van der Waals surface area contributed by atoms with Crippen LogP contribution in [-0.2, 0) is 0 Å². The van der Waals surface area contributed by atoms with Gasteiger partial charge in [-0.1, -0.05) is 17.7 Å². The SMILES string of the molecule is Fc1cc(-c2csc(Br)n2)ccc1Cl. The molecule has 5 heteroatoms. The predicted molar refractivity (Wildman–Crippen MR) is 60.2 cm³/mol. The summed E-state index contributed by atoms with van der Waals surface area (Å²) >= 11 is 10.3. The zero-order chi connectivity index (χ0) is 10.1. The Morgan fingerprint density at radius 3 is 2.79 bits per heavy atom. The second-order valence-electron chi connectivity index (χ2n) is 2.61. The lowest BCUT2D eigenvalue weighted by Crippen LogP contribution is -1.81. The largest absolute Gasteiger partial charge is 0.229 e. The Labute approximate surface area is 97.7 Å². The lowest BCUT2D eigenvalue weighted by Gasteiger charge is -1.97. The highest BCUT2D eigenvalue weighted by Crippen LogP contribution is 2.27. The maximum atomic E-state index is 13.1. The fourth-order valence-electron chi connectivity index (χ4n) is 1.04. The van der Waals surface area contributed by atoms with Gasteiger partial charge < -0.3 is 0 Å². The van der Waals surface area contributed by atoms with Crippen molar-refractivity contribution in [2.45, 2.75) is 0 Å². The van der Waals surface area contributed by atoms with E-state index in [4.69, 9.17) is 11.6 Å². The van der Waals surface area contributed by atoms with Gasteiger partial charge >= 0.3 is 0 Å². The van der Waals surface area contributed by atoms with Crippen molar-refractivity contribution in [2.75, 3.05) is 0 Å². The molecule has 2 aromatic rings. The second kappa shape index (κ2) is 3.96. The zero-order valence-electron chi connectivity index (χ0n) is 6.80. The van der Waals surface area contributed by atoms with Crippen LogP contribution in [0.5, 0.6) is 0 Å². The second-order valence-corrected chi connectivity index (χ2v) is 5.16. The van der Waals surface area contributed by atoms with Gasteiger partial charge in [-0.2, -0.15) is 0 Å². The number of rotatable bonds is 1. The van der Waals surface area contributed by atoms with Crippen molar-refractivity contribution in [3.05, 3.63) is 38.3 Å². The summed E-state index contributed by atoms with van der Waals surface area (Å²) in [6, 6.07) is 4.65. The highest BCUT2D eigenvalue weighted by Gasteiger charge is 2.05. The van der Waals surface area contributed by atoms with Crippen molar-refractivity contribution in [3.63, 3.8) is 0 Å². The fraction of sp³-hybridized carbons (Fsp3) is 0. The number of halogens is 3. The lowest BCUT2D eigenvalue weighted by atomic mass is 10.2. The molecule has 0 aliphatic carbocycles. The molecule has 1 aromatic carbocycles. The normalized spacial score (nSPS) is 10.5. The Bertz CT molecular complexity index is 472. The first-order valence-corrected chi connectivity index (χ1v) is 5.78. The van der Waals surface area contributed by atoms with Gasteiger partial charge in [0.25, 0.3) is 0 Å². The summed E-state index contributed by atoms with van der Waals surface area (Å²) in [6.07, 6.45) is 0. The molecule has 0 bridgehead atoms. The quantitative estimate of drug-likeness (QED) is 0.761. The van der Waals surface area contributed by atoms with E-state index in [0.29, 0.717) is 0 Å². The molecule has 0 aliphatic heterocycles. The molecule has 0 fully saturated rings. The number of thiazole rings is 1. The van der Waals surface area contributed by atoms with Gasteiger partial charge in [0.1, 0.15) is 5.82 Å². The Morgan fingerprint density at radius 2 is 2.21 bits per heavy atom. The third-order valence-electron chi connectivity index (χ3n) is 1.69. The van der Waals surface area contributed by atoms with Gasteiger partial charge in [0.2, 0.25) is 0 Å². The van der Waals surface area contributed by atoms with Crippen molar-refractivity contribution in [2.24, 2.45) is 0 Å². The van der Waals surface area contributed by atoms with E-state index < -0.39 is 5.82 Å². The van der Waals surface area contributed by atoms with Crippen molar-refractivity contribution in [1.82, 2.24) is 4.98 Å². The monoisotopic (exact) mass is 291 g/mol. The van der Waals surface area contributed by atoms with E-state index >= 15 is 0 Å². The van der Waals surface area contributed by atoms with Gasteiger partial charge in [0.05, 0.1) is 10.7 Å². The Hall–Kier alpha value is -0.450. The number of benzene rings is 1. The van der Waals surface area contributed by atoms with E-state index in [0.717, 1.165) is 15.2 Å². The molecule has 72 valence electrons. The van der Waals surface area contributed by atoms with Crippen molar-refractivity contribution < 1.29 is 4.39 Å². The van der Waals surface area contributed by atoms with Gasteiger partial charge in [-0.25, -0.2) is 9.37 Å². The molecule has 0 unspecified atom stereocenters. The van der Waals surface area contributed by atoms with Crippen molar-refractivity contribution in [3.8, 4) is 11.3 Å². The number of aromatic nitrogens is 1. The summed E-state index contributed by atoms with van der Waals surface area (Å²) in [6.45, 7) is 0. The molecule has 0 saturated carbocycles. The summed E-state index contributed by atoms with van der Waals surface area (Å²) < 4.78 is 13.9. The number of hydrogen-bond acceptors (Lipinski definition) is 2. The van der Waals surface area contributed by atoms with Crippen LogP contribution in [0.2, 0.25) is 5.02 Å². The minimum atomic E-state index is -0.423. The summed E-state index contributed by atoms with van der Waals surface area (Å²) in [7, 11) is 0. The molecule has 0 aliphatic rings. The molecule has 0 amide bonds. The molecule has 0 spiro atoms. The van der Waals surface area contributed by atoms with Gasteiger partial charge in [-0.3, -0.25) is 0 Å². The smallest absolute Gasteiger partial charge is 0.159 e. The minimum absolute atomic E-state index is 0.128. The van der Waals surface area contributed by atoms with E-state index in [1.807, 2.05) is 5.38 Å². The van der Waals surface area contributed by atoms with Crippen LogP contribution in [0.1, 0.15) is 0 Å². The Morgan fingerprint density at radius 1 is 1.43 bits per heavy atom. The number of nitrogens with zero attached hydrogens (tertiary/aromatic N) is 1. The summed E-state index contributed by atoms with van der Waals surface area (Å²) in [4.78, 5) is 4.18. The standard InChI is InChI=1S/C9H4BrClFNS/c10-9-13-8(4-14-9)5-1-2-6(11)7(12)3-5/h1-4H. The van der Waals surface area contributed by atoms with Crippen LogP contribution in [0.15, 0.2) is 27.5 Å². The van der Waals surface area contributed by atoms with E-state index in [9.17, 15) is 4.39 Å². The molecule has 0 N–H and O–H groups in total. The molecule has 0 saturated heterocycles. The first kappa shape index (κ1) is 10.1. The first-order valence-electron chi connectivity index (χ1n) is 3.73.